The molecular weight excluding hydrogens is 1190 g/mol. The number of aliphatic hydroxyl groups excluding tert-OH is 4. The Morgan fingerprint density at radius 2 is 1.18 bits per heavy atom. The Bertz CT molecular complexity index is 2320. The van der Waals surface area contributed by atoms with Gasteiger partial charge in [-0.25, -0.2) is 4.79 Å². The molecule has 0 aromatic heterocycles. The molecule has 33 heteroatoms. The van der Waals surface area contributed by atoms with Crippen molar-refractivity contribution in [1.29, 1.82) is 0 Å². The average molecular weight is 1290 g/mol. The van der Waals surface area contributed by atoms with Crippen molar-refractivity contribution in [1.82, 2.24) is 58.1 Å². The van der Waals surface area contributed by atoms with E-state index in [1.54, 1.807) is 19.0 Å². The summed E-state index contributed by atoms with van der Waals surface area (Å²) in [5.41, 5.74) is 16.6. The molecule has 0 saturated carbocycles. The molecule has 1 unspecified atom stereocenters. The molecule has 10 amide bonds. The van der Waals surface area contributed by atoms with E-state index in [2.05, 4.69) is 60.1 Å². The van der Waals surface area contributed by atoms with Gasteiger partial charge in [-0.3, -0.25) is 52.7 Å². The Balaban J connectivity index is 4.11. The Kier molecular flexibility index (Phi) is 40.4. The van der Waals surface area contributed by atoms with E-state index in [1.807, 2.05) is 0 Å². The topological polar surface area (TPSA) is 517 Å². The predicted octanol–water partition coefficient (Wildman–Crippen LogP) is -5.18. The number of aliphatic carboxylic acids is 1. The molecule has 1 heterocycles. The summed E-state index contributed by atoms with van der Waals surface area (Å²) < 4.78 is 5.39. The Hall–Kier alpha value is -6.65. The number of cyclic esters (lactones) is 1. The predicted molar refractivity (Wildman–Crippen MR) is 324 cm³/mol. The van der Waals surface area contributed by atoms with Crippen LogP contribution in [0.3, 0.4) is 0 Å². The number of allylic oxidation sites excluding steroid dienone is 1. The van der Waals surface area contributed by atoms with E-state index >= 15 is 0 Å². The van der Waals surface area contributed by atoms with Crippen LogP contribution in [0.2, 0.25) is 0 Å². The van der Waals surface area contributed by atoms with Gasteiger partial charge in [-0.2, -0.15) is 0 Å². The molecule has 0 aromatic rings. The average Bonchev–Trinajstić information content (AvgIpc) is 2.64. The zero-order valence-corrected chi connectivity index (χ0v) is 52.5. The lowest BCUT2D eigenvalue weighted by Gasteiger charge is -2.29. The summed E-state index contributed by atoms with van der Waals surface area (Å²) >= 11 is 5.97. The van der Waals surface area contributed by atoms with Gasteiger partial charge in [-0.1, -0.05) is 70.8 Å². The second-order valence-electron chi connectivity index (χ2n) is 22.0. The van der Waals surface area contributed by atoms with E-state index in [4.69, 9.17) is 33.5 Å². The fourth-order valence-electron chi connectivity index (χ4n) is 8.95. The van der Waals surface area contributed by atoms with Crippen molar-refractivity contribution in [3.8, 4) is 0 Å². The van der Waals surface area contributed by atoms with E-state index in [0.29, 0.717) is 25.8 Å². The van der Waals surface area contributed by atoms with Crippen molar-refractivity contribution in [2.24, 2.45) is 17.2 Å². The number of carboxylic acids is 1. The number of hydrogen-bond donors (Lipinski definition) is 18. The number of esters is 1. The number of rotatable bonds is 32. The minimum atomic E-state index is -2.50. The van der Waals surface area contributed by atoms with Crippen LogP contribution in [0.25, 0.3) is 0 Å². The van der Waals surface area contributed by atoms with E-state index in [1.165, 1.54) is 6.92 Å². The third-order valence-corrected chi connectivity index (χ3v) is 14.4. The summed E-state index contributed by atoms with van der Waals surface area (Å²) in [4.78, 5) is 168. The van der Waals surface area contributed by atoms with Crippen LogP contribution in [0.1, 0.15) is 136 Å². The number of carbonyl (C=O) groups excluding carboxylic acids is 11. The maximum atomic E-state index is 14.3. The van der Waals surface area contributed by atoms with Crippen LogP contribution >= 0.6 is 11.6 Å². The first-order chi connectivity index (χ1) is 42.2. The molecular formula is C56H99ClN14O18. The van der Waals surface area contributed by atoms with E-state index in [-0.39, 0.29) is 51.9 Å². The number of nitrogens with zero attached hydrogens (tertiary/aromatic N) is 1. The van der Waals surface area contributed by atoms with Gasteiger partial charge in [0.25, 0.3) is 11.8 Å². The number of alkyl halides is 1. The lowest BCUT2D eigenvalue weighted by molar-refractivity contribution is -0.154. The van der Waals surface area contributed by atoms with Crippen molar-refractivity contribution >= 4 is 82.6 Å². The number of carbonyl (C=O) groups is 12. The van der Waals surface area contributed by atoms with Gasteiger partial charge in [-0.05, 0) is 99.1 Å². The van der Waals surface area contributed by atoms with Gasteiger partial charge in [0.15, 0.2) is 12.1 Å². The minimum Gasteiger partial charge on any atom is -0.481 e. The quantitative estimate of drug-likeness (QED) is 0.0130. The van der Waals surface area contributed by atoms with Crippen molar-refractivity contribution in [3.63, 3.8) is 0 Å². The summed E-state index contributed by atoms with van der Waals surface area (Å²) in [6, 6.07) is -15.5. The second kappa shape index (κ2) is 44.7. The van der Waals surface area contributed by atoms with Crippen LogP contribution in [-0.2, 0) is 62.3 Å². The summed E-state index contributed by atoms with van der Waals surface area (Å²) in [5.74, 6) is -16.4. The number of halogens is 1. The lowest BCUT2D eigenvalue weighted by atomic mass is 10.0. The van der Waals surface area contributed by atoms with E-state index < -0.39 is 181 Å². The van der Waals surface area contributed by atoms with Crippen LogP contribution in [0.4, 0.5) is 0 Å². The zero-order valence-electron chi connectivity index (χ0n) is 51.8. The number of aliphatic hydroxyl groups is 4. The number of nitrogens with one attached hydrogen (secondary N) is 10. The third kappa shape index (κ3) is 31.6. The van der Waals surface area contributed by atoms with E-state index in [9.17, 15) is 83.1 Å². The fraction of sp³-hybridized carbons (Fsp3) is 0.750. The van der Waals surface area contributed by atoms with Crippen molar-refractivity contribution < 1.29 is 87.8 Å². The van der Waals surface area contributed by atoms with Crippen LogP contribution in [0.5, 0.6) is 0 Å². The number of unbranched alkanes of at least 4 members (excludes halogenated alkanes) is 9. The number of carboxylic acid groups (broad SMARTS) is 1. The molecule has 89 heavy (non-hydrogen) atoms. The summed E-state index contributed by atoms with van der Waals surface area (Å²) in [5, 5.41) is 76.8. The molecule has 0 bridgehead atoms. The maximum Gasteiger partial charge on any atom is 0.331 e. The third-order valence-electron chi connectivity index (χ3n) is 14.1. The first-order valence-electron chi connectivity index (χ1n) is 30.3. The minimum absolute atomic E-state index is 0.0624. The molecule has 32 nitrogen and oxygen atoms in total. The number of nitrogens with two attached hydrogens (primary N) is 3. The van der Waals surface area contributed by atoms with Crippen molar-refractivity contribution in [2.75, 3.05) is 59.3 Å². The number of ether oxygens (including phenoxy) is 1. The molecule has 1 aliphatic heterocycles. The lowest BCUT2D eigenvalue weighted by Crippen LogP contribution is -2.63. The van der Waals surface area contributed by atoms with Gasteiger partial charge in [0.1, 0.15) is 54.6 Å². The van der Waals surface area contributed by atoms with Crippen molar-refractivity contribution in [3.05, 3.63) is 11.8 Å². The highest BCUT2D eigenvalue weighted by Crippen LogP contribution is 2.14. The Morgan fingerprint density at radius 3 is 1.71 bits per heavy atom. The number of hydrogen-bond acceptors (Lipinski definition) is 21. The normalized spacial score (nSPS) is 23.7. The maximum absolute atomic E-state index is 14.3. The van der Waals surface area contributed by atoms with Gasteiger partial charge >= 0.3 is 11.9 Å². The molecule has 0 aromatic carbocycles. The van der Waals surface area contributed by atoms with Gasteiger partial charge in [-0.15, -0.1) is 11.6 Å². The van der Waals surface area contributed by atoms with Gasteiger partial charge < -0.3 is 106 Å². The SMILES string of the molecule is C/C=C1/NC(=O)[C@H]([C@H](C)O)NC(=O)[C@H](CCN)NC(=O)[C@H](CCCCN)NC(=O)[C@H](CC(=O)O)NC(=O)[C@@H](CCN)NC(=O)[C@@H](NC(=O)C[C@@H](O)CCCCCCCCCCC)COC(=O)[C@H]([C@H](O)CCl)NC(=O)[C@H](C(O)C(=O)NCCCN(C)C)NC1=O. The highest BCUT2D eigenvalue weighted by Gasteiger charge is 2.41. The first-order valence-corrected chi connectivity index (χ1v) is 30.8. The van der Waals surface area contributed by atoms with Crippen LogP contribution in [0.15, 0.2) is 11.8 Å². The molecule has 12 atom stereocenters. The molecule has 1 rings (SSSR count). The molecule has 21 N–H and O–H groups in total. The smallest absolute Gasteiger partial charge is 0.331 e. The van der Waals surface area contributed by atoms with Gasteiger partial charge in [0.2, 0.25) is 47.3 Å². The van der Waals surface area contributed by atoms with Gasteiger partial charge in [0.05, 0.1) is 37.0 Å². The highest BCUT2D eigenvalue weighted by atomic mass is 35.5. The largest absolute Gasteiger partial charge is 0.481 e. The molecule has 508 valence electrons. The molecule has 1 saturated heterocycles. The number of amides is 10. The molecule has 1 fully saturated rings. The molecule has 0 radical (unpaired) electrons. The van der Waals surface area contributed by atoms with Gasteiger partial charge in [0, 0.05) is 6.54 Å². The standard InChI is InChI=1S/C56H99ClN14O18/c1-6-8-9-10-11-12-13-14-15-19-33(73)28-41(75)62-39-31-89-56(88)44(40(74)30-57)69-54(86)45(46(78)55(87)61-26-18-27-71(4)5)70-47(79)34(7-2)63-53(85)43(32(3)72)68-50(82)37(22-25-60)65-48(80)35(20-16-17-23-58)64-51(83)38(29-42(76)77)67-49(81)36(21-24-59)66-52(39)84/h7,32-33,35-40,43-46,72-74,78H,6,8-31,58-60H2,1-5H3,(H,61,87)(H,62,75)(H,63,85)(H,64,83)(H,65,80)(H,66,84)(H,67,81)(H,68,82)(H,69,86)(H,70,79)(H,76,77)/b34-7+/t32-,33-,35-,36+,37-,38-,39-,40+,43-,44-,45-,46?/m0/s1. The Morgan fingerprint density at radius 1 is 0.652 bits per heavy atom. The Labute approximate surface area is 524 Å². The van der Waals surface area contributed by atoms with Crippen LogP contribution < -0.4 is 70.4 Å². The van der Waals surface area contributed by atoms with Crippen LogP contribution in [-0.4, -0.2) is 233 Å². The molecule has 0 spiro atoms. The fourth-order valence-corrected chi connectivity index (χ4v) is 9.13. The first kappa shape index (κ1) is 80.4. The highest BCUT2D eigenvalue weighted by molar-refractivity contribution is 6.18. The van der Waals surface area contributed by atoms with Crippen LogP contribution in [0, 0.1) is 0 Å². The second-order valence-corrected chi connectivity index (χ2v) is 22.3. The zero-order chi connectivity index (χ0) is 67.2. The van der Waals surface area contributed by atoms with E-state index in [0.717, 1.165) is 64.4 Å². The molecule has 0 aliphatic carbocycles. The molecule has 1 aliphatic rings. The summed E-state index contributed by atoms with van der Waals surface area (Å²) in [6.07, 6.45) is 0.577. The summed E-state index contributed by atoms with van der Waals surface area (Å²) in [6.45, 7) is 3.16. The summed E-state index contributed by atoms with van der Waals surface area (Å²) in [7, 11) is 3.50. The monoisotopic (exact) mass is 1290 g/mol. The van der Waals surface area contributed by atoms with Crippen molar-refractivity contribution in [2.45, 2.75) is 209 Å².